The smallest absolute Gasteiger partial charge is 0.329 e. The van der Waals surface area contributed by atoms with E-state index in [9.17, 15) is 14.7 Å². The molecular formula is C27H35N3O3S. The fourth-order valence-electron chi connectivity index (χ4n) is 5.31. The van der Waals surface area contributed by atoms with Gasteiger partial charge in [0.15, 0.2) is 0 Å². The van der Waals surface area contributed by atoms with Crippen LogP contribution in [0.1, 0.15) is 92.8 Å². The van der Waals surface area contributed by atoms with Crippen LogP contribution in [-0.4, -0.2) is 32.1 Å². The maximum absolute atomic E-state index is 13.2. The van der Waals surface area contributed by atoms with Crippen molar-refractivity contribution in [3.8, 4) is 0 Å². The van der Waals surface area contributed by atoms with Gasteiger partial charge in [0.25, 0.3) is 5.91 Å². The lowest BCUT2D eigenvalue weighted by molar-refractivity contribution is -0.146. The van der Waals surface area contributed by atoms with E-state index < -0.39 is 11.5 Å². The Labute approximate surface area is 205 Å². The van der Waals surface area contributed by atoms with E-state index in [1.165, 1.54) is 4.88 Å². The van der Waals surface area contributed by atoms with Crippen molar-refractivity contribution in [2.45, 2.75) is 83.7 Å². The molecule has 182 valence electrons. The number of hydrogen-bond donors (Lipinski definition) is 2. The van der Waals surface area contributed by atoms with Crippen LogP contribution in [0, 0.1) is 5.92 Å². The van der Waals surface area contributed by atoms with Crippen molar-refractivity contribution < 1.29 is 14.7 Å². The first kappa shape index (κ1) is 24.5. The summed E-state index contributed by atoms with van der Waals surface area (Å²) in [6.07, 6.45) is 6.41. The van der Waals surface area contributed by atoms with Crippen LogP contribution < -0.4 is 5.32 Å². The first-order valence-electron chi connectivity index (χ1n) is 12.5. The topological polar surface area (TPSA) is 84.2 Å². The molecule has 0 bridgehead atoms. The van der Waals surface area contributed by atoms with Gasteiger partial charge in [0.1, 0.15) is 11.4 Å². The van der Waals surface area contributed by atoms with Gasteiger partial charge in [-0.05, 0) is 74.1 Å². The lowest BCUT2D eigenvalue weighted by Gasteiger charge is -2.37. The third kappa shape index (κ3) is 4.76. The lowest BCUT2D eigenvalue weighted by Crippen LogP contribution is -2.56. The van der Waals surface area contributed by atoms with E-state index >= 15 is 0 Å². The highest BCUT2D eigenvalue weighted by molar-refractivity contribution is 7.09. The highest BCUT2D eigenvalue weighted by atomic mass is 32.1. The summed E-state index contributed by atoms with van der Waals surface area (Å²) in [5.74, 6) is 0.268. The van der Waals surface area contributed by atoms with Crippen molar-refractivity contribution in [2.75, 3.05) is 0 Å². The molecule has 1 aromatic carbocycles. The number of aliphatic carboxylic acids is 1. The molecular weight excluding hydrogens is 446 g/mol. The number of imidazole rings is 1. The number of aromatic nitrogens is 2. The molecule has 1 amide bonds. The molecule has 34 heavy (non-hydrogen) atoms. The van der Waals surface area contributed by atoms with E-state index in [1.807, 2.05) is 12.1 Å². The molecule has 4 rings (SSSR count). The van der Waals surface area contributed by atoms with Crippen LogP contribution in [0.15, 0.2) is 35.7 Å². The number of fused-ring (bicyclic) bond motifs is 1. The van der Waals surface area contributed by atoms with E-state index in [0.29, 0.717) is 30.4 Å². The number of benzene rings is 1. The van der Waals surface area contributed by atoms with Crippen molar-refractivity contribution in [2.24, 2.45) is 5.92 Å². The monoisotopic (exact) mass is 481 g/mol. The summed E-state index contributed by atoms with van der Waals surface area (Å²) in [5, 5.41) is 14.9. The second-order valence-corrected chi connectivity index (χ2v) is 10.6. The first-order chi connectivity index (χ1) is 16.4. The second-order valence-electron chi connectivity index (χ2n) is 9.52. The maximum atomic E-state index is 13.2. The molecule has 6 nitrogen and oxygen atoms in total. The van der Waals surface area contributed by atoms with E-state index in [4.69, 9.17) is 4.98 Å². The summed E-state index contributed by atoms with van der Waals surface area (Å²) in [4.78, 5) is 31.6. The Morgan fingerprint density at radius 2 is 1.94 bits per heavy atom. The van der Waals surface area contributed by atoms with Crippen LogP contribution in [0.5, 0.6) is 0 Å². The molecule has 7 heteroatoms. The average molecular weight is 482 g/mol. The van der Waals surface area contributed by atoms with E-state index in [0.717, 1.165) is 55.4 Å². The van der Waals surface area contributed by atoms with E-state index in [-0.39, 0.29) is 5.91 Å². The molecule has 1 saturated carbocycles. The van der Waals surface area contributed by atoms with Gasteiger partial charge in [-0.15, -0.1) is 11.3 Å². The van der Waals surface area contributed by atoms with Crippen LogP contribution in [0.25, 0.3) is 11.0 Å². The zero-order valence-corrected chi connectivity index (χ0v) is 21.2. The van der Waals surface area contributed by atoms with Crippen LogP contribution in [0.4, 0.5) is 0 Å². The Kier molecular flexibility index (Phi) is 7.41. The van der Waals surface area contributed by atoms with Gasteiger partial charge in [-0.1, -0.05) is 33.3 Å². The number of rotatable bonds is 9. The summed E-state index contributed by atoms with van der Waals surface area (Å²) in [7, 11) is 0. The summed E-state index contributed by atoms with van der Waals surface area (Å²) in [6, 6.07) is 10.1. The molecule has 1 aliphatic rings. The van der Waals surface area contributed by atoms with Crippen LogP contribution in [-0.2, 0) is 11.2 Å². The van der Waals surface area contributed by atoms with Crippen LogP contribution >= 0.6 is 11.3 Å². The Morgan fingerprint density at radius 1 is 1.21 bits per heavy atom. The highest BCUT2D eigenvalue weighted by Crippen LogP contribution is 2.35. The minimum Gasteiger partial charge on any atom is -0.480 e. The molecule has 0 aliphatic heterocycles. The predicted octanol–water partition coefficient (Wildman–Crippen LogP) is 6.20. The fourth-order valence-corrected chi connectivity index (χ4v) is 6.01. The standard InChI is InChI=1S/C27H35N3O3S/c1-4-18-11-13-27(14-12-18,26(32)33)29-25(31)19-9-10-23-22(16-19)28-24(17-21-8-7-15-34-21)30(23)20(5-2)6-3/h7-10,15-16,18,20H,4-6,11-14,17H2,1-3H3,(H,29,31)(H,32,33). The summed E-state index contributed by atoms with van der Waals surface area (Å²) >= 11 is 1.72. The summed E-state index contributed by atoms with van der Waals surface area (Å²) < 4.78 is 2.32. The number of nitrogens with one attached hydrogen (secondary N) is 1. The number of carboxylic acid groups (broad SMARTS) is 1. The lowest BCUT2D eigenvalue weighted by atomic mass is 9.75. The molecule has 2 aromatic heterocycles. The number of thiophene rings is 1. The number of amides is 1. The third-order valence-electron chi connectivity index (χ3n) is 7.54. The van der Waals surface area contributed by atoms with Gasteiger partial charge in [0.05, 0.1) is 11.0 Å². The van der Waals surface area contributed by atoms with Crippen molar-refractivity contribution in [1.29, 1.82) is 0 Å². The molecule has 3 aromatic rings. The molecule has 0 radical (unpaired) electrons. The molecule has 1 fully saturated rings. The normalized spacial score (nSPS) is 20.6. The van der Waals surface area contributed by atoms with E-state index in [1.54, 1.807) is 17.4 Å². The van der Waals surface area contributed by atoms with Gasteiger partial charge in [-0.2, -0.15) is 0 Å². The largest absolute Gasteiger partial charge is 0.480 e. The highest BCUT2D eigenvalue weighted by Gasteiger charge is 2.43. The second kappa shape index (κ2) is 10.3. The van der Waals surface area contributed by atoms with Gasteiger partial charge in [-0.3, -0.25) is 4.79 Å². The fraction of sp³-hybridized carbons (Fsp3) is 0.519. The SMILES string of the molecule is CCC1CCC(NC(=O)c2ccc3c(c2)nc(Cc2cccs2)n3C(CC)CC)(C(=O)O)CC1. The average Bonchev–Trinajstić information content (AvgIpc) is 3.48. The molecule has 2 heterocycles. The Balaban J connectivity index is 1.65. The third-order valence-corrected chi connectivity index (χ3v) is 8.42. The van der Waals surface area contributed by atoms with Gasteiger partial charge in [0.2, 0.25) is 0 Å². The Hall–Kier alpha value is -2.67. The Morgan fingerprint density at radius 3 is 2.53 bits per heavy atom. The molecule has 0 saturated heterocycles. The molecule has 2 N–H and O–H groups in total. The van der Waals surface area contributed by atoms with Crippen molar-refractivity contribution in [3.05, 3.63) is 52.0 Å². The quantitative estimate of drug-likeness (QED) is 0.381. The minimum atomic E-state index is -1.18. The number of hydrogen-bond acceptors (Lipinski definition) is 4. The van der Waals surface area contributed by atoms with Crippen molar-refractivity contribution in [1.82, 2.24) is 14.9 Å². The molecule has 0 unspecified atom stereocenters. The van der Waals surface area contributed by atoms with Gasteiger partial charge < -0.3 is 15.0 Å². The van der Waals surface area contributed by atoms with Gasteiger partial charge in [-0.25, -0.2) is 9.78 Å². The minimum absolute atomic E-state index is 0.337. The predicted molar refractivity (Wildman–Crippen MR) is 137 cm³/mol. The summed E-state index contributed by atoms with van der Waals surface area (Å²) in [6.45, 7) is 6.52. The van der Waals surface area contributed by atoms with Gasteiger partial charge >= 0.3 is 5.97 Å². The number of carbonyl (C=O) groups excluding carboxylic acids is 1. The first-order valence-corrected chi connectivity index (χ1v) is 13.4. The van der Waals surface area contributed by atoms with Crippen molar-refractivity contribution in [3.63, 3.8) is 0 Å². The molecule has 0 atom stereocenters. The van der Waals surface area contributed by atoms with Crippen molar-refractivity contribution >= 4 is 34.2 Å². The maximum Gasteiger partial charge on any atom is 0.329 e. The Bertz CT molecular complexity index is 1140. The van der Waals surface area contributed by atoms with E-state index in [2.05, 4.69) is 48.2 Å². The molecule has 0 spiro atoms. The summed E-state index contributed by atoms with van der Waals surface area (Å²) in [5.41, 5.74) is 1.08. The zero-order chi connectivity index (χ0) is 24.3. The van der Waals surface area contributed by atoms with Gasteiger partial charge in [0, 0.05) is 22.9 Å². The number of carboxylic acids is 1. The zero-order valence-electron chi connectivity index (χ0n) is 20.3. The molecule has 1 aliphatic carbocycles. The number of nitrogens with zero attached hydrogens (tertiary/aromatic N) is 2. The van der Waals surface area contributed by atoms with Crippen LogP contribution in [0.2, 0.25) is 0 Å². The number of carbonyl (C=O) groups is 2. The van der Waals surface area contributed by atoms with Crippen LogP contribution in [0.3, 0.4) is 0 Å².